The Morgan fingerprint density at radius 2 is 2.09 bits per heavy atom. The van der Waals surface area contributed by atoms with E-state index in [1.54, 1.807) is 6.08 Å². The minimum Gasteiger partial charge on any atom is -0.0984 e. The third-order valence-electron chi connectivity index (χ3n) is 1.36. The maximum absolute atomic E-state index is 3.69. The van der Waals surface area contributed by atoms with Crippen molar-refractivity contribution in [2.24, 2.45) is 0 Å². The molecule has 0 N–H and O–H groups in total. The summed E-state index contributed by atoms with van der Waals surface area (Å²) >= 11 is 3.05. The van der Waals surface area contributed by atoms with Crippen LogP contribution in [-0.2, 0) is 0 Å². The zero-order chi connectivity index (χ0) is 8.10. The van der Waals surface area contributed by atoms with Gasteiger partial charge in [-0.05, 0) is 16.5 Å². The van der Waals surface area contributed by atoms with Crippen molar-refractivity contribution in [1.29, 1.82) is 0 Å². The summed E-state index contributed by atoms with van der Waals surface area (Å²) in [4.78, 5) is 2.67. The average molecular weight is 207 g/mol. The molecule has 0 nitrogen and oxygen atoms in total. The SMILES string of the molecule is C=Cc1ccccc1C#CBr. The first kappa shape index (κ1) is 8.10. The zero-order valence-corrected chi connectivity index (χ0v) is 7.56. The first-order valence-corrected chi connectivity index (χ1v) is 4.01. The van der Waals surface area contributed by atoms with Crippen molar-refractivity contribution in [3.63, 3.8) is 0 Å². The van der Waals surface area contributed by atoms with Gasteiger partial charge in [0.1, 0.15) is 0 Å². The first-order chi connectivity index (χ1) is 5.38. The van der Waals surface area contributed by atoms with Crippen LogP contribution < -0.4 is 0 Å². The van der Waals surface area contributed by atoms with Gasteiger partial charge in [0.25, 0.3) is 0 Å². The lowest BCUT2D eigenvalue weighted by atomic mass is 10.1. The summed E-state index contributed by atoms with van der Waals surface area (Å²) in [7, 11) is 0. The Balaban J connectivity index is 3.19. The Labute approximate surface area is 75.1 Å². The van der Waals surface area contributed by atoms with E-state index in [1.165, 1.54) is 0 Å². The Hall–Kier alpha value is -1.00. The predicted octanol–water partition coefficient (Wildman–Crippen LogP) is 3.03. The van der Waals surface area contributed by atoms with E-state index >= 15 is 0 Å². The average Bonchev–Trinajstić information content (AvgIpc) is 2.06. The van der Waals surface area contributed by atoms with Crippen LogP contribution >= 0.6 is 15.9 Å². The molecule has 0 bridgehead atoms. The molecule has 1 aromatic carbocycles. The molecule has 0 fully saturated rings. The molecule has 0 saturated carbocycles. The van der Waals surface area contributed by atoms with Gasteiger partial charge in [-0.3, -0.25) is 0 Å². The molecule has 0 saturated heterocycles. The molecule has 0 amide bonds. The maximum Gasteiger partial charge on any atom is 0.0326 e. The molecule has 0 aliphatic carbocycles. The topological polar surface area (TPSA) is 0 Å². The van der Waals surface area contributed by atoms with E-state index < -0.39 is 0 Å². The van der Waals surface area contributed by atoms with Crippen LogP contribution in [0.15, 0.2) is 30.8 Å². The highest BCUT2D eigenvalue weighted by molar-refractivity contribution is 9.12. The summed E-state index contributed by atoms with van der Waals surface area (Å²) in [6, 6.07) is 7.88. The summed E-state index contributed by atoms with van der Waals surface area (Å²) in [5.74, 6) is 2.92. The summed E-state index contributed by atoms with van der Waals surface area (Å²) in [6.45, 7) is 3.69. The molecule has 0 aromatic heterocycles. The molecule has 0 atom stereocenters. The van der Waals surface area contributed by atoms with Gasteiger partial charge >= 0.3 is 0 Å². The highest BCUT2D eigenvalue weighted by atomic mass is 79.9. The third kappa shape index (κ3) is 1.96. The second-order valence-corrected chi connectivity index (χ2v) is 2.41. The van der Waals surface area contributed by atoms with Gasteiger partial charge < -0.3 is 0 Å². The number of hydrogen-bond donors (Lipinski definition) is 0. The Kier molecular flexibility index (Phi) is 2.95. The summed E-state index contributed by atoms with van der Waals surface area (Å²) < 4.78 is 0. The van der Waals surface area contributed by atoms with Crippen molar-refractivity contribution in [2.75, 3.05) is 0 Å². The van der Waals surface area contributed by atoms with Gasteiger partial charge in [0.15, 0.2) is 0 Å². The number of rotatable bonds is 1. The first-order valence-electron chi connectivity index (χ1n) is 3.21. The smallest absolute Gasteiger partial charge is 0.0326 e. The van der Waals surface area contributed by atoms with E-state index in [-0.39, 0.29) is 0 Å². The largest absolute Gasteiger partial charge is 0.0984 e. The quantitative estimate of drug-likeness (QED) is 0.621. The van der Waals surface area contributed by atoms with Crippen LogP contribution in [0.4, 0.5) is 0 Å². The fourth-order valence-electron chi connectivity index (χ4n) is 0.840. The standard InChI is InChI=1S/C10H7Br/c1-2-9-5-3-4-6-10(9)7-8-11/h2-6H,1H2. The predicted molar refractivity (Wildman–Crippen MR) is 52.3 cm³/mol. The van der Waals surface area contributed by atoms with Gasteiger partial charge in [-0.2, -0.15) is 0 Å². The van der Waals surface area contributed by atoms with Gasteiger partial charge in [-0.1, -0.05) is 36.8 Å². The minimum atomic E-state index is 0.999. The van der Waals surface area contributed by atoms with Crippen LogP contribution in [0, 0.1) is 10.8 Å². The van der Waals surface area contributed by atoms with E-state index in [2.05, 4.69) is 33.3 Å². The molecule has 0 heterocycles. The lowest BCUT2D eigenvalue weighted by Gasteiger charge is -1.94. The monoisotopic (exact) mass is 206 g/mol. The third-order valence-corrected chi connectivity index (χ3v) is 1.56. The van der Waals surface area contributed by atoms with Crippen molar-refractivity contribution in [3.05, 3.63) is 42.0 Å². The lowest BCUT2D eigenvalue weighted by molar-refractivity contribution is 1.61. The van der Waals surface area contributed by atoms with Gasteiger partial charge in [0.2, 0.25) is 0 Å². The molecule has 0 radical (unpaired) electrons. The van der Waals surface area contributed by atoms with Crippen molar-refractivity contribution in [2.45, 2.75) is 0 Å². The van der Waals surface area contributed by atoms with Crippen molar-refractivity contribution >= 4 is 22.0 Å². The molecule has 0 aliphatic rings. The fraction of sp³-hybridized carbons (Fsp3) is 0. The van der Waals surface area contributed by atoms with Gasteiger partial charge in [-0.25, -0.2) is 0 Å². The van der Waals surface area contributed by atoms with Gasteiger partial charge in [0.05, 0.1) is 0 Å². The lowest BCUT2D eigenvalue weighted by Crippen LogP contribution is -1.78. The highest BCUT2D eigenvalue weighted by Crippen LogP contribution is 2.07. The van der Waals surface area contributed by atoms with E-state index in [4.69, 9.17) is 0 Å². The Bertz CT molecular complexity index is 315. The van der Waals surface area contributed by atoms with Crippen molar-refractivity contribution in [1.82, 2.24) is 0 Å². The molecular weight excluding hydrogens is 200 g/mol. The van der Waals surface area contributed by atoms with Crippen molar-refractivity contribution in [3.8, 4) is 10.8 Å². The van der Waals surface area contributed by atoms with Crippen LogP contribution in [0.5, 0.6) is 0 Å². The summed E-state index contributed by atoms with van der Waals surface area (Å²) in [5, 5.41) is 0. The molecule has 1 heteroatoms. The molecule has 1 aromatic rings. The molecule has 0 aliphatic heterocycles. The van der Waals surface area contributed by atoms with Crippen LogP contribution in [0.2, 0.25) is 0 Å². The second-order valence-electron chi connectivity index (χ2n) is 2.01. The van der Waals surface area contributed by atoms with Crippen LogP contribution in [0.25, 0.3) is 6.08 Å². The van der Waals surface area contributed by atoms with E-state index in [9.17, 15) is 0 Å². The molecule has 0 spiro atoms. The summed E-state index contributed by atoms with van der Waals surface area (Å²) in [5.41, 5.74) is 2.07. The second kappa shape index (κ2) is 4.00. The van der Waals surface area contributed by atoms with E-state index in [1.807, 2.05) is 24.3 Å². The normalized spacial score (nSPS) is 8.09. The molecule has 11 heavy (non-hydrogen) atoms. The molecule has 1 rings (SSSR count). The maximum atomic E-state index is 3.69. The van der Waals surface area contributed by atoms with Gasteiger partial charge in [-0.15, -0.1) is 0 Å². The fourth-order valence-corrected chi connectivity index (χ4v) is 1.05. The molecule has 0 unspecified atom stereocenters. The number of halogens is 1. The molecular formula is C10H7Br. The van der Waals surface area contributed by atoms with Crippen LogP contribution in [0.3, 0.4) is 0 Å². The Morgan fingerprint density at radius 3 is 2.73 bits per heavy atom. The molecule has 54 valence electrons. The number of benzene rings is 1. The van der Waals surface area contributed by atoms with Crippen LogP contribution in [-0.4, -0.2) is 0 Å². The van der Waals surface area contributed by atoms with Gasteiger partial charge in [0, 0.05) is 21.5 Å². The highest BCUT2D eigenvalue weighted by Gasteiger charge is 1.91. The minimum absolute atomic E-state index is 0.999. The van der Waals surface area contributed by atoms with E-state index in [0.29, 0.717) is 0 Å². The Morgan fingerprint density at radius 1 is 1.36 bits per heavy atom. The van der Waals surface area contributed by atoms with Crippen molar-refractivity contribution < 1.29 is 0 Å². The van der Waals surface area contributed by atoms with E-state index in [0.717, 1.165) is 11.1 Å². The summed E-state index contributed by atoms with van der Waals surface area (Å²) in [6.07, 6.45) is 1.80. The zero-order valence-electron chi connectivity index (χ0n) is 5.97. The van der Waals surface area contributed by atoms with Crippen LogP contribution in [0.1, 0.15) is 11.1 Å². The number of hydrogen-bond acceptors (Lipinski definition) is 0.